The van der Waals surface area contributed by atoms with E-state index in [4.69, 9.17) is 0 Å². The number of rotatable bonds is 6. The van der Waals surface area contributed by atoms with Crippen LogP contribution >= 0.6 is 0 Å². The van der Waals surface area contributed by atoms with Crippen molar-refractivity contribution in [3.63, 3.8) is 0 Å². The minimum atomic E-state index is -3.96. The lowest BCUT2D eigenvalue weighted by Crippen LogP contribution is -2.41. The molecule has 5 nitrogen and oxygen atoms in total. The van der Waals surface area contributed by atoms with Gasteiger partial charge >= 0.3 is 0 Å². The highest BCUT2D eigenvalue weighted by molar-refractivity contribution is 7.92. The first-order chi connectivity index (χ1) is 12.9. The third kappa shape index (κ3) is 5.07. The van der Waals surface area contributed by atoms with Gasteiger partial charge in [0.1, 0.15) is 18.2 Å². The maximum absolute atomic E-state index is 14.1. The average molecular weight is 410 g/mol. The van der Waals surface area contributed by atoms with Gasteiger partial charge < -0.3 is 5.32 Å². The molecule has 0 aromatic heterocycles. The number of amides is 1. The number of halogens is 2. The summed E-state index contributed by atoms with van der Waals surface area (Å²) in [4.78, 5) is 12.5. The zero-order valence-corrected chi connectivity index (χ0v) is 17.3. The first-order valence-corrected chi connectivity index (χ1v) is 10.5. The maximum Gasteiger partial charge on any atom is 0.241 e. The molecule has 0 radical (unpaired) electrons. The van der Waals surface area contributed by atoms with E-state index in [1.807, 2.05) is 32.9 Å². The Kier molecular flexibility index (Phi) is 6.44. The van der Waals surface area contributed by atoms with Crippen LogP contribution in [0.15, 0.2) is 30.3 Å². The highest BCUT2D eigenvalue weighted by Crippen LogP contribution is 2.24. The number of hydrogen-bond acceptors (Lipinski definition) is 3. The van der Waals surface area contributed by atoms with Gasteiger partial charge in [0.15, 0.2) is 0 Å². The normalized spacial score (nSPS) is 12.5. The molecule has 0 unspecified atom stereocenters. The molecule has 1 amide bonds. The summed E-state index contributed by atoms with van der Waals surface area (Å²) in [5.41, 5.74) is 3.74. The Morgan fingerprint density at radius 3 is 2.25 bits per heavy atom. The van der Waals surface area contributed by atoms with Gasteiger partial charge in [-0.3, -0.25) is 9.10 Å². The Labute approximate surface area is 164 Å². The molecule has 1 atom stereocenters. The molecule has 0 saturated carbocycles. The topological polar surface area (TPSA) is 66.5 Å². The van der Waals surface area contributed by atoms with E-state index >= 15 is 0 Å². The van der Waals surface area contributed by atoms with Crippen molar-refractivity contribution in [3.8, 4) is 0 Å². The number of benzene rings is 2. The van der Waals surface area contributed by atoms with Crippen LogP contribution in [0.25, 0.3) is 0 Å². The third-order valence-electron chi connectivity index (χ3n) is 4.59. The van der Waals surface area contributed by atoms with Crippen molar-refractivity contribution >= 4 is 21.6 Å². The molecule has 152 valence electrons. The lowest BCUT2D eigenvalue weighted by atomic mass is 9.96. The van der Waals surface area contributed by atoms with Crippen molar-refractivity contribution in [2.45, 2.75) is 33.7 Å². The molecule has 0 bridgehead atoms. The molecule has 0 saturated heterocycles. The molecule has 1 N–H and O–H groups in total. The summed E-state index contributed by atoms with van der Waals surface area (Å²) >= 11 is 0. The standard InChI is InChI=1S/C20H24F2N2O3S/c1-12-8-14(3)17(9-13(12)2)15(4)23-20(25)11-24(28(5,26)27)19-7-6-16(21)10-18(19)22/h6-10,15H,11H2,1-5H3,(H,23,25)/t15-/m0/s1. The Bertz CT molecular complexity index is 1010. The van der Waals surface area contributed by atoms with Crippen LogP contribution in [-0.2, 0) is 14.8 Å². The van der Waals surface area contributed by atoms with E-state index in [0.29, 0.717) is 10.4 Å². The summed E-state index contributed by atoms with van der Waals surface area (Å²) in [6.07, 6.45) is 0.861. The summed E-state index contributed by atoms with van der Waals surface area (Å²) < 4.78 is 52.0. The summed E-state index contributed by atoms with van der Waals surface area (Å²) in [7, 11) is -3.96. The molecule has 0 aliphatic rings. The molecule has 0 aliphatic carbocycles. The van der Waals surface area contributed by atoms with Gasteiger partial charge in [-0.2, -0.15) is 0 Å². The second-order valence-corrected chi connectivity index (χ2v) is 8.85. The van der Waals surface area contributed by atoms with Crippen molar-refractivity contribution in [3.05, 3.63) is 64.2 Å². The summed E-state index contributed by atoms with van der Waals surface area (Å²) in [5.74, 6) is -2.49. The number of carbonyl (C=O) groups excluding carboxylic acids is 1. The van der Waals surface area contributed by atoms with E-state index in [1.165, 1.54) is 0 Å². The second kappa shape index (κ2) is 8.26. The molecule has 28 heavy (non-hydrogen) atoms. The van der Waals surface area contributed by atoms with Gasteiger partial charge in [0.2, 0.25) is 15.9 Å². The number of sulfonamides is 1. The minimum absolute atomic E-state index is 0.369. The van der Waals surface area contributed by atoms with Gasteiger partial charge in [-0.15, -0.1) is 0 Å². The van der Waals surface area contributed by atoms with Crippen LogP contribution in [0, 0.1) is 32.4 Å². The average Bonchev–Trinajstić information content (AvgIpc) is 2.55. The highest BCUT2D eigenvalue weighted by atomic mass is 32.2. The molecular weight excluding hydrogens is 386 g/mol. The highest BCUT2D eigenvalue weighted by Gasteiger charge is 2.25. The Morgan fingerprint density at radius 2 is 1.68 bits per heavy atom. The van der Waals surface area contributed by atoms with Crippen molar-refractivity contribution < 1.29 is 22.0 Å². The van der Waals surface area contributed by atoms with E-state index in [0.717, 1.165) is 40.6 Å². The van der Waals surface area contributed by atoms with Crippen molar-refractivity contribution in [1.29, 1.82) is 0 Å². The van der Waals surface area contributed by atoms with Crippen LogP contribution in [0.1, 0.15) is 35.2 Å². The van der Waals surface area contributed by atoms with Crippen molar-refractivity contribution in [1.82, 2.24) is 5.32 Å². The quantitative estimate of drug-likeness (QED) is 0.792. The van der Waals surface area contributed by atoms with Crippen molar-refractivity contribution in [2.24, 2.45) is 0 Å². The predicted molar refractivity (Wildman–Crippen MR) is 106 cm³/mol. The van der Waals surface area contributed by atoms with Gasteiger partial charge in [-0.25, -0.2) is 17.2 Å². The van der Waals surface area contributed by atoms with E-state index in [1.54, 1.807) is 6.92 Å². The summed E-state index contributed by atoms with van der Waals surface area (Å²) in [6, 6.07) is 6.14. The van der Waals surface area contributed by atoms with Gasteiger partial charge in [-0.05, 0) is 62.1 Å². The number of aryl methyl sites for hydroxylation is 3. The van der Waals surface area contributed by atoms with Crippen LogP contribution in [-0.4, -0.2) is 27.1 Å². The van der Waals surface area contributed by atoms with Crippen LogP contribution in [0.3, 0.4) is 0 Å². The van der Waals surface area contributed by atoms with Gasteiger partial charge in [0.05, 0.1) is 18.0 Å². The molecule has 2 aromatic carbocycles. The van der Waals surface area contributed by atoms with Crippen LogP contribution < -0.4 is 9.62 Å². The number of hydrogen-bond donors (Lipinski definition) is 1. The molecule has 0 heterocycles. The van der Waals surface area contributed by atoms with Gasteiger partial charge in [0, 0.05) is 6.07 Å². The first kappa shape index (κ1) is 21.8. The summed E-state index contributed by atoms with van der Waals surface area (Å²) in [6.45, 7) is 7.07. The molecular formula is C20H24F2N2O3S. The molecule has 0 spiro atoms. The SMILES string of the molecule is Cc1cc(C)c([C@H](C)NC(=O)CN(c2ccc(F)cc2F)S(C)(=O)=O)cc1C. The van der Waals surface area contributed by atoms with Gasteiger partial charge in [-0.1, -0.05) is 12.1 Å². The number of carbonyl (C=O) groups is 1. The van der Waals surface area contributed by atoms with Crippen molar-refractivity contribution in [2.75, 3.05) is 17.1 Å². The molecule has 2 aromatic rings. The zero-order valence-electron chi connectivity index (χ0n) is 16.5. The first-order valence-electron chi connectivity index (χ1n) is 8.70. The monoisotopic (exact) mass is 410 g/mol. The fraction of sp³-hybridized carbons (Fsp3) is 0.350. The largest absolute Gasteiger partial charge is 0.348 e. The smallest absolute Gasteiger partial charge is 0.241 e. The van der Waals surface area contributed by atoms with E-state index in [-0.39, 0.29) is 11.7 Å². The zero-order chi connectivity index (χ0) is 21.2. The molecule has 0 fully saturated rings. The van der Waals surface area contributed by atoms with Gasteiger partial charge in [0.25, 0.3) is 0 Å². The van der Waals surface area contributed by atoms with E-state index in [2.05, 4.69) is 5.32 Å². The lowest BCUT2D eigenvalue weighted by molar-refractivity contribution is -0.120. The van der Waals surface area contributed by atoms with Crippen LogP contribution in [0.4, 0.5) is 14.5 Å². The fourth-order valence-corrected chi connectivity index (χ4v) is 3.87. The van der Waals surface area contributed by atoms with E-state index in [9.17, 15) is 22.0 Å². The predicted octanol–water partition coefficient (Wildman–Crippen LogP) is 3.53. The summed E-state index contributed by atoms with van der Waals surface area (Å²) in [5, 5.41) is 2.75. The minimum Gasteiger partial charge on any atom is -0.348 e. The third-order valence-corrected chi connectivity index (χ3v) is 5.72. The lowest BCUT2D eigenvalue weighted by Gasteiger charge is -2.24. The maximum atomic E-state index is 14.1. The molecule has 2 rings (SSSR count). The molecule has 8 heteroatoms. The number of anilines is 1. The van der Waals surface area contributed by atoms with E-state index < -0.39 is 34.1 Å². The van der Waals surface area contributed by atoms with Crippen LogP contribution in [0.2, 0.25) is 0 Å². The Hall–Kier alpha value is -2.48. The number of nitrogens with one attached hydrogen (secondary N) is 1. The molecule has 0 aliphatic heterocycles. The Balaban J connectivity index is 2.24. The second-order valence-electron chi connectivity index (χ2n) is 6.95. The number of nitrogens with zero attached hydrogens (tertiary/aromatic N) is 1. The Morgan fingerprint density at radius 1 is 1.07 bits per heavy atom. The fourth-order valence-electron chi connectivity index (χ4n) is 3.01. The van der Waals surface area contributed by atoms with Crippen LogP contribution in [0.5, 0.6) is 0 Å².